The maximum atomic E-state index is 11.3. The fraction of sp³-hybridized carbons (Fsp3) is 0.667. The first-order valence-electron chi connectivity index (χ1n) is 4.21. The third-order valence-corrected chi connectivity index (χ3v) is 2.63. The zero-order valence-corrected chi connectivity index (χ0v) is 8.14. The molecule has 0 aromatic carbocycles. The van der Waals surface area contributed by atoms with Crippen molar-refractivity contribution in [3.05, 3.63) is 11.3 Å². The zero-order chi connectivity index (χ0) is 9.30. The monoisotopic (exact) mass is 168 g/mol. The summed E-state index contributed by atoms with van der Waals surface area (Å²) in [6.07, 6.45) is 0. The summed E-state index contributed by atoms with van der Waals surface area (Å²) in [4.78, 5) is 13.3. The number of likely N-dealkylation sites (N-methyl/N-ethyl adjacent to an activating group) is 1. The molecule has 1 amide bonds. The van der Waals surface area contributed by atoms with Gasteiger partial charge in [-0.05, 0) is 26.3 Å². The average molecular weight is 168 g/mol. The predicted octanol–water partition coefficient (Wildman–Crippen LogP) is 0.730. The lowest BCUT2D eigenvalue weighted by molar-refractivity contribution is -0.124. The largest absolute Gasteiger partial charge is 0.366 e. The van der Waals surface area contributed by atoms with Gasteiger partial charge in [-0.25, -0.2) is 0 Å². The Morgan fingerprint density at radius 3 is 2.67 bits per heavy atom. The van der Waals surface area contributed by atoms with Crippen LogP contribution in [-0.4, -0.2) is 30.4 Å². The van der Waals surface area contributed by atoms with Gasteiger partial charge < -0.3 is 10.2 Å². The molecule has 0 radical (unpaired) electrons. The van der Waals surface area contributed by atoms with E-state index < -0.39 is 0 Å². The number of carbonyl (C=O) groups excluding carboxylic acids is 1. The summed E-state index contributed by atoms with van der Waals surface area (Å²) in [5, 5.41) is 2.87. The van der Waals surface area contributed by atoms with Gasteiger partial charge in [0.2, 0.25) is 5.91 Å². The molecule has 1 aliphatic heterocycles. The van der Waals surface area contributed by atoms with Gasteiger partial charge in [0.25, 0.3) is 0 Å². The highest BCUT2D eigenvalue weighted by Gasteiger charge is 2.21. The third-order valence-electron chi connectivity index (χ3n) is 2.63. The summed E-state index contributed by atoms with van der Waals surface area (Å²) in [6.45, 7) is 6.69. The molecule has 0 bridgehead atoms. The standard InChI is InChI=1S/C9H16N2O/c1-6-5-10-9(12)8(3)11(4)7(6)2/h8H,5H2,1-4H3,(H,10,12). The molecule has 1 rings (SSSR count). The highest BCUT2D eigenvalue weighted by molar-refractivity contribution is 5.82. The van der Waals surface area contributed by atoms with Gasteiger partial charge >= 0.3 is 0 Å². The van der Waals surface area contributed by atoms with Gasteiger partial charge in [0.15, 0.2) is 0 Å². The molecular weight excluding hydrogens is 152 g/mol. The predicted molar refractivity (Wildman–Crippen MR) is 48.6 cm³/mol. The molecular formula is C9H16N2O. The summed E-state index contributed by atoms with van der Waals surface area (Å²) in [6, 6.07) is -0.0533. The van der Waals surface area contributed by atoms with Crippen LogP contribution in [0.1, 0.15) is 20.8 Å². The molecule has 0 spiro atoms. The highest BCUT2D eigenvalue weighted by Crippen LogP contribution is 2.13. The first-order valence-corrected chi connectivity index (χ1v) is 4.21. The van der Waals surface area contributed by atoms with Gasteiger partial charge in [0.1, 0.15) is 6.04 Å². The quantitative estimate of drug-likeness (QED) is 0.578. The summed E-state index contributed by atoms with van der Waals surface area (Å²) >= 11 is 0. The number of hydrogen-bond donors (Lipinski definition) is 1. The second-order valence-corrected chi connectivity index (χ2v) is 3.37. The van der Waals surface area contributed by atoms with E-state index in [1.165, 1.54) is 11.3 Å². The minimum atomic E-state index is -0.0533. The van der Waals surface area contributed by atoms with E-state index in [1.807, 2.05) is 32.7 Å². The molecule has 1 heterocycles. The lowest BCUT2D eigenvalue weighted by Crippen LogP contribution is -2.39. The fourth-order valence-electron chi connectivity index (χ4n) is 1.26. The van der Waals surface area contributed by atoms with E-state index in [0.717, 1.165) is 0 Å². The second-order valence-electron chi connectivity index (χ2n) is 3.37. The van der Waals surface area contributed by atoms with Crippen LogP contribution in [0.15, 0.2) is 11.3 Å². The van der Waals surface area contributed by atoms with Crippen LogP contribution in [0.4, 0.5) is 0 Å². The Kier molecular flexibility index (Phi) is 2.40. The normalized spacial score (nSPS) is 25.5. The molecule has 1 atom stereocenters. The Labute approximate surface area is 73.4 Å². The number of allylic oxidation sites excluding steroid dienone is 1. The van der Waals surface area contributed by atoms with Crippen LogP contribution in [0.25, 0.3) is 0 Å². The van der Waals surface area contributed by atoms with Crippen molar-refractivity contribution >= 4 is 5.91 Å². The Hall–Kier alpha value is -0.990. The Bertz CT molecular complexity index is 233. The van der Waals surface area contributed by atoms with Gasteiger partial charge in [0, 0.05) is 19.3 Å². The molecule has 68 valence electrons. The van der Waals surface area contributed by atoms with Crippen molar-refractivity contribution < 1.29 is 4.79 Å². The molecule has 0 aromatic heterocycles. The number of nitrogens with one attached hydrogen (secondary N) is 1. The Morgan fingerprint density at radius 1 is 1.50 bits per heavy atom. The van der Waals surface area contributed by atoms with Crippen LogP contribution in [0, 0.1) is 0 Å². The molecule has 0 aliphatic carbocycles. The number of hydrogen-bond acceptors (Lipinski definition) is 2. The minimum Gasteiger partial charge on any atom is -0.366 e. The molecule has 0 saturated heterocycles. The molecule has 3 heteroatoms. The van der Waals surface area contributed by atoms with Crippen molar-refractivity contribution in [1.82, 2.24) is 10.2 Å². The SMILES string of the molecule is CC1=C(C)N(C)C(C)C(=O)NC1. The number of amides is 1. The molecule has 12 heavy (non-hydrogen) atoms. The van der Waals surface area contributed by atoms with Crippen molar-refractivity contribution in [2.75, 3.05) is 13.6 Å². The first kappa shape index (κ1) is 9.10. The third kappa shape index (κ3) is 1.44. The van der Waals surface area contributed by atoms with Crippen LogP contribution >= 0.6 is 0 Å². The fourth-order valence-corrected chi connectivity index (χ4v) is 1.26. The van der Waals surface area contributed by atoms with Crippen molar-refractivity contribution in [2.45, 2.75) is 26.8 Å². The van der Waals surface area contributed by atoms with Crippen molar-refractivity contribution in [2.24, 2.45) is 0 Å². The van der Waals surface area contributed by atoms with Crippen LogP contribution < -0.4 is 5.32 Å². The number of carbonyl (C=O) groups is 1. The van der Waals surface area contributed by atoms with Crippen LogP contribution in [0.3, 0.4) is 0 Å². The van der Waals surface area contributed by atoms with Crippen molar-refractivity contribution in [1.29, 1.82) is 0 Å². The van der Waals surface area contributed by atoms with E-state index in [9.17, 15) is 4.79 Å². The van der Waals surface area contributed by atoms with Gasteiger partial charge in [-0.1, -0.05) is 0 Å². The number of nitrogens with zero attached hydrogens (tertiary/aromatic N) is 1. The van der Waals surface area contributed by atoms with Gasteiger partial charge in [-0.2, -0.15) is 0 Å². The van der Waals surface area contributed by atoms with Crippen LogP contribution in [0.2, 0.25) is 0 Å². The summed E-state index contributed by atoms with van der Waals surface area (Å²) in [7, 11) is 1.95. The van der Waals surface area contributed by atoms with E-state index in [2.05, 4.69) is 5.32 Å². The van der Waals surface area contributed by atoms with Crippen LogP contribution in [-0.2, 0) is 4.79 Å². The second kappa shape index (κ2) is 3.17. The van der Waals surface area contributed by atoms with E-state index in [4.69, 9.17) is 0 Å². The van der Waals surface area contributed by atoms with Crippen molar-refractivity contribution in [3.63, 3.8) is 0 Å². The Balaban J connectivity index is 2.92. The number of rotatable bonds is 0. The molecule has 0 fully saturated rings. The van der Waals surface area contributed by atoms with Crippen LogP contribution in [0.5, 0.6) is 0 Å². The highest BCUT2D eigenvalue weighted by atomic mass is 16.2. The first-order chi connectivity index (χ1) is 5.54. The molecule has 3 nitrogen and oxygen atoms in total. The molecule has 0 aromatic rings. The smallest absolute Gasteiger partial charge is 0.242 e. The van der Waals surface area contributed by atoms with Gasteiger partial charge in [-0.15, -0.1) is 0 Å². The maximum Gasteiger partial charge on any atom is 0.242 e. The molecule has 0 saturated carbocycles. The summed E-state index contributed by atoms with van der Waals surface area (Å²) < 4.78 is 0. The summed E-state index contributed by atoms with van der Waals surface area (Å²) in [5.41, 5.74) is 2.43. The summed E-state index contributed by atoms with van der Waals surface area (Å²) in [5.74, 6) is 0.105. The van der Waals surface area contributed by atoms with E-state index in [-0.39, 0.29) is 11.9 Å². The lowest BCUT2D eigenvalue weighted by atomic mass is 10.2. The van der Waals surface area contributed by atoms with Crippen molar-refractivity contribution in [3.8, 4) is 0 Å². The van der Waals surface area contributed by atoms with Gasteiger partial charge in [0.05, 0.1) is 0 Å². The topological polar surface area (TPSA) is 32.3 Å². The van der Waals surface area contributed by atoms with E-state index in [0.29, 0.717) is 6.54 Å². The van der Waals surface area contributed by atoms with E-state index in [1.54, 1.807) is 0 Å². The van der Waals surface area contributed by atoms with Gasteiger partial charge in [-0.3, -0.25) is 4.79 Å². The molecule has 1 aliphatic rings. The molecule has 1 N–H and O–H groups in total. The maximum absolute atomic E-state index is 11.3. The van der Waals surface area contributed by atoms with E-state index >= 15 is 0 Å². The average Bonchev–Trinajstić information content (AvgIpc) is 2.14. The zero-order valence-electron chi connectivity index (χ0n) is 8.14. The Morgan fingerprint density at radius 2 is 2.08 bits per heavy atom. The molecule has 1 unspecified atom stereocenters. The lowest BCUT2D eigenvalue weighted by Gasteiger charge is -2.24. The minimum absolute atomic E-state index is 0.0533.